The molecule has 1 aliphatic heterocycles. The largest absolute Gasteiger partial charge is 0.379 e. The molecule has 2 bridgehead atoms. The summed E-state index contributed by atoms with van der Waals surface area (Å²) in [5, 5.41) is 7.95. The van der Waals surface area contributed by atoms with Gasteiger partial charge in [0.05, 0.1) is 22.5 Å². The van der Waals surface area contributed by atoms with Gasteiger partial charge in [-0.05, 0) is 87.5 Å². The Balaban J connectivity index is 1.31. The molecule has 1 amide bonds. The smallest absolute Gasteiger partial charge is 0.254 e. The number of aromatic nitrogens is 3. The first-order chi connectivity index (χ1) is 18.8. The molecule has 206 valence electrons. The maximum absolute atomic E-state index is 16.0. The van der Waals surface area contributed by atoms with Gasteiger partial charge in [-0.2, -0.15) is 0 Å². The lowest BCUT2D eigenvalue weighted by Gasteiger charge is -2.44. The number of hydrogen-bond donors (Lipinski definition) is 2. The maximum Gasteiger partial charge on any atom is 0.254 e. The van der Waals surface area contributed by atoms with Crippen LogP contribution in [0.2, 0.25) is 0 Å². The number of benzene rings is 1. The molecular formula is C30H37FN6O2. The zero-order valence-corrected chi connectivity index (χ0v) is 22.7. The summed E-state index contributed by atoms with van der Waals surface area (Å²) in [7, 11) is 1.75. The zero-order chi connectivity index (χ0) is 27.1. The third kappa shape index (κ3) is 4.04. The van der Waals surface area contributed by atoms with E-state index in [0.29, 0.717) is 53.3 Å². The van der Waals surface area contributed by atoms with Gasteiger partial charge >= 0.3 is 0 Å². The molecule has 0 unspecified atom stereocenters. The van der Waals surface area contributed by atoms with Crippen molar-refractivity contribution >= 4 is 23.2 Å². The highest BCUT2D eigenvalue weighted by Gasteiger charge is 2.47. The number of likely N-dealkylation sites (tertiary alicyclic amines) is 1. The molecule has 3 aliphatic carbocycles. The molecule has 3 saturated carbocycles. The number of carbonyl (C=O) groups excluding carboxylic acids is 1. The monoisotopic (exact) mass is 532 g/mol. The summed E-state index contributed by atoms with van der Waals surface area (Å²) in [5.74, 6) is 1.38. The van der Waals surface area contributed by atoms with Crippen LogP contribution in [-0.2, 0) is 17.8 Å². The molecule has 1 saturated heterocycles. The highest BCUT2D eigenvalue weighted by Crippen LogP contribution is 2.43. The molecule has 3 heterocycles. The Morgan fingerprint density at radius 1 is 1.18 bits per heavy atom. The lowest BCUT2D eigenvalue weighted by atomic mass is 9.72. The maximum atomic E-state index is 16.0. The third-order valence-corrected chi connectivity index (χ3v) is 9.86. The zero-order valence-electron chi connectivity index (χ0n) is 22.7. The molecule has 4 aliphatic rings. The minimum absolute atomic E-state index is 0.0101. The number of nitrogens with two attached hydrogens (primary N) is 1. The normalized spacial score (nSPS) is 29.8. The van der Waals surface area contributed by atoms with Gasteiger partial charge in [-0.3, -0.25) is 4.79 Å². The lowest BCUT2D eigenvalue weighted by Crippen LogP contribution is -2.44. The van der Waals surface area contributed by atoms with Crippen LogP contribution in [0, 0.1) is 29.0 Å². The fraction of sp³-hybridized carbons (Fsp3) is 0.567. The predicted octanol–water partition coefficient (Wildman–Crippen LogP) is 4.43. The minimum atomic E-state index is -0.426. The summed E-state index contributed by atoms with van der Waals surface area (Å²) in [6.45, 7) is 4.20. The van der Waals surface area contributed by atoms with Crippen LogP contribution in [-0.4, -0.2) is 62.5 Å². The van der Waals surface area contributed by atoms with Gasteiger partial charge in [0, 0.05) is 50.6 Å². The highest BCUT2D eigenvalue weighted by atomic mass is 19.1. The van der Waals surface area contributed by atoms with E-state index in [1.165, 1.54) is 25.1 Å². The number of imidazole rings is 1. The Labute approximate surface area is 227 Å². The van der Waals surface area contributed by atoms with Crippen molar-refractivity contribution in [1.82, 2.24) is 19.0 Å². The first-order valence-electron chi connectivity index (χ1n) is 14.3. The molecule has 9 heteroatoms. The van der Waals surface area contributed by atoms with Gasteiger partial charge in [-0.1, -0.05) is 0 Å². The van der Waals surface area contributed by atoms with Gasteiger partial charge < -0.3 is 29.9 Å². The van der Waals surface area contributed by atoms with Crippen LogP contribution in [0.4, 0.5) is 4.39 Å². The Hall–Kier alpha value is -3.04. The number of hydrogen-bond acceptors (Lipinski definition) is 5. The number of piperidine rings is 1. The molecule has 3 N–H and O–H groups in total. The Kier molecular flexibility index (Phi) is 5.76. The summed E-state index contributed by atoms with van der Waals surface area (Å²) in [6, 6.07) is 7.12. The summed E-state index contributed by atoms with van der Waals surface area (Å²) in [6.07, 6.45) is 7.51. The van der Waals surface area contributed by atoms with E-state index in [9.17, 15) is 4.79 Å². The van der Waals surface area contributed by atoms with E-state index in [-0.39, 0.29) is 23.6 Å². The first kappa shape index (κ1) is 25.0. The number of ether oxygens (including phenoxy) is 1. The van der Waals surface area contributed by atoms with Crippen LogP contribution < -0.4 is 5.73 Å². The fourth-order valence-corrected chi connectivity index (χ4v) is 7.44. The second-order valence-corrected chi connectivity index (χ2v) is 12.6. The van der Waals surface area contributed by atoms with E-state index >= 15 is 4.39 Å². The molecule has 0 radical (unpaired) electrons. The van der Waals surface area contributed by atoms with Crippen LogP contribution >= 0.6 is 0 Å². The first-order valence-corrected chi connectivity index (χ1v) is 14.3. The van der Waals surface area contributed by atoms with Crippen LogP contribution in [0.25, 0.3) is 22.6 Å². The second kappa shape index (κ2) is 8.99. The predicted molar refractivity (Wildman–Crippen MR) is 147 cm³/mol. The quantitative estimate of drug-likeness (QED) is 0.419. The Bertz CT molecular complexity index is 1470. The summed E-state index contributed by atoms with van der Waals surface area (Å²) >= 11 is 0. The number of rotatable bonds is 8. The van der Waals surface area contributed by atoms with Crippen molar-refractivity contribution in [2.24, 2.45) is 23.5 Å². The van der Waals surface area contributed by atoms with E-state index in [4.69, 9.17) is 20.9 Å². The van der Waals surface area contributed by atoms with E-state index in [1.54, 1.807) is 13.2 Å². The number of fused-ring (bicyclic) bond motifs is 3. The molecule has 1 aromatic carbocycles. The topological polar surface area (TPSA) is 102 Å². The van der Waals surface area contributed by atoms with E-state index in [2.05, 4.69) is 11.5 Å². The Morgan fingerprint density at radius 3 is 2.59 bits per heavy atom. The number of carbonyl (C=O) groups is 1. The van der Waals surface area contributed by atoms with Crippen LogP contribution in [0.1, 0.15) is 61.5 Å². The van der Waals surface area contributed by atoms with E-state index in [1.807, 2.05) is 21.6 Å². The van der Waals surface area contributed by atoms with Crippen molar-refractivity contribution in [3.8, 4) is 11.5 Å². The van der Waals surface area contributed by atoms with E-state index in [0.717, 1.165) is 43.6 Å². The molecule has 7 rings (SSSR count). The molecular weight excluding hydrogens is 495 g/mol. The highest BCUT2D eigenvalue weighted by molar-refractivity contribution is 5.98. The summed E-state index contributed by atoms with van der Waals surface area (Å²) in [4.78, 5) is 20.4. The number of nitrogens with one attached hydrogen (secondary N) is 1. The molecule has 39 heavy (non-hydrogen) atoms. The van der Waals surface area contributed by atoms with E-state index < -0.39 is 5.82 Å². The van der Waals surface area contributed by atoms with Crippen LogP contribution in [0.5, 0.6) is 0 Å². The van der Waals surface area contributed by atoms with Crippen molar-refractivity contribution in [2.45, 2.75) is 76.2 Å². The van der Waals surface area contributed by atoms with Gasteiger partial charge in [-0.25, -0.2) is 9.37 Å². The standard InChI is InChI=1S/C30H37FN6O2/c1-30(39-2)11-18(12-30)15-37-27-22(31)9-20(29(38)36-16-19-5-7-24(36)26(19)33)10-23(27)34-28(37)25-8-6-21(13-32)35(25)14-17-3-4-17/h6,8-10,13,17-19,24,26,32H,3-5,7,11-12,14-16,33H2,1-2H3/t18?,19-,24-,26-,30?/m1/s1. The van der Waals surface area contributed by atoms with Gasteiger partial charge in [-0.15, -0.1) is 0 Å². The number of nitrogens with zero attached hydrogens (tertiary/aromatic N) is 4. The molecule has 0 spiro atoms. The number of halogens is 1. The van der Waals surface area contributed by atoms with Gasteiger partial charge in [0.15, 0.2) is 5.82 Å². The molecule has 8 nitrogen and oxygen atoms in total. The average Bonchev–Trinajstić information content (AvgIpc) is 3.22. The van der Waals surface area contributed by atoms with Crippen molar-refractivity contribution in [2.75, 3.05) is 13.7 Å². The molecule has 4 fully saturated rings. The SMILES string of the molecule is COC1(C)CC(Cn2c(-c3ccc(C=N)n3CC3CC3)nc3cc(C(=O)N4C[C@H]5CC[C@@H]4[C@@H]5N)cc(F)c32)C1. The number of amides is 1. The molecule has 2 aromatic heterocycles. The van der Waals surface area contributed by atoms with Crippen LogP contribution in [0.15, 0.2) is 24.3 Å². The average molecular weight is 533 g/mol. The van der Waals surface area contributed by atoms with Crippen molar-refractivity contribution in [1.29, 1.82) is 5.41 Å². The Morgan fingerprint density at radius 2 is 1.95 bits per heavy atom. The molecule has 3 aromatic rings. The lowest BCUT2D eigenvalue weighted by molar-refractivity contribution is -0.0937. The van der Waals surface area contributed by atoms with Gasteiger partial charge in [0.2, 0.25) is 0 Å². The molecule has 3 atom stereocenters. The third-order valence-electron chi connectivity index (χ3n) is 9.86. The minimum Gasteiger partial charge on any atom is -0.379 e. The fourth-order valence-electron chi connectivity index (χ4n) is 7.44. The van der Waals surface area contributed by atoms with Crippen LogP contribution in [0.3, 0.4) is 0 Å². The number of methoxy groups -OCH3 is 1. The van der Waals surface area contributed by atoms with Crippen molar-refractivity contribution < 1.29 is 13.9 Å². The summed E-state index contributed by atoms with van der Waals surface area (Å²) < 4.78 is 25.8. The van der Waals surface area contributed by atoms with Crippen molar-refractivity contribution in [3.05, 3.63) is 41.3 Å². The van der Waals surface area contributed by atoms with Crippen molar-refractivity contribution in [3.63, 3.8) is 0 Å². The van der Waals surface area contributed by atoms with Gasteiger partial charge in [0.25, 0.3) is 5.91 Å². The van der Waals surface area contributed by atoms with Gasteiger partial charge in [0.1, 0.15) is 11.3 Å². The summed E-state index contributed by atoms with van der Waals surface area (Å²) in [5.41, 5.74) is 9.17. The second-order valence-electron chi connectivity index (χ2n) is 12.6.